The minimum atomic E-state index is 0.126. The molecule has 0 bridgehead atoms. The summed E-state index contributed by atoms with van der Waals surface area (Å²) < 4.78 is 18.1. The number of hydrogen-bond acceptors (Lipinski definition) is 8. The predicted octanol–water partition coefficient (Wildman–Crippen LogP) is 7.33. The molecule has 0 spiro atoms. The zero-order valence-electron chi connectivity index (χ0n) is 24.4. The van der Waals surface area contributed by atoms with Gasteiger partial charge in [0.15, 0.2) is 17.8 Å². The first kappa shape index (κ1) is 29.4. The number of carbonyl (C=O) groups excluding carboxylic acids is 1. The molecule has 0 N–H and O–H groups in total. The third-order valence-corrected chi connectivity index (χ3v) is 8.22. The highest BCUT2D eigenvalue weighted by atomic mass is 35.5. The van der Waals surface area contributed by atoms with Crippen molar-refractivity contribution in [1.82, 2.24) is 14.9 Å². The maximum absolute atomic E-state index is 11.7. The second-order valence-electron chi connectivity index (χ2n) is 10.9. The molecule has 1 aliphatic heterocycles. The van der Waals surface area contributed by atoms with Crippen LogP contribution in [-0.2, 0) is 19.6 Å². The summed E-state index contributed by atoms with van der Waals surface area (Å²) in [5, 5.41) is 9.43. The van der Waals surface area contributed by atoms with E-state index in [9.17, 15) is 4.79 Å². The van der Waals surface area contributed by atoms with Crippen LogP contribution in [0.2, 0.25) is 5.02 Å². The summed E-state index contributed by atoms with van der Waals surface area (Å²) in [6.07, 6.45) is 7.13. The molecule has 0 unspecified atom stereocenters. The zero-order valence-corrected chi connectivity index (χ0v) is 25.1. The van der Waals surface area contributed by atoms with Gasteiger partial charge in [0.2, 0.25) is 0 Å². The van der Waals surface area contributed by atoms with Crippen molar-refractivity contribution in [3.05, 3.63) is 106 Å². The number of nitriles is 1. The first-order valence-corrected chi connectivity index (χ1v) is 15.0. The Hall–Kier alpha value is -4.71. The van der Waals surface area contributed by atoms with Gasteiger partial charge in [-0.25, -0.2) is 4.98 Å². The molecule has 1 fully saturated rings. The summed E-state index contributed by atoms with van der Waals surface area (Å²) >= 11 is 6.48. The number of ether oxygens (including phenoxy) is 2. The standard InChI is InChI=1S/C35H31ClN4O4/c1-23-27(22-43-34-16-33(28(20-41)14-30(34)36)42-21-25-13-24(17-37)18-38-19-25)5-4-6-29(23)26-7-8-32-31(15-26)39-35(44-32)9-12-40-10-2-3-11-40/h4-8,13-16,18-20H,2-3,9-12,21-22H2,1H3. The summed E-state index contributed by atoms with van der Waals surface area (Å²) in [5.41, 5.74) is 7.27. The van der Waals surface area contributed by atoms with Crippen molar-refractivity contribution in [2.75, 3.05) is 19.6 Å². The number of oxazole rings is 1. The molecule has 1 aliphatic rings. The first-order chi connectivity index (χ1) is 21.5. The molecule has 3 aromatic carbocycles. The van der Waals surface area contributed by atoms with Crippen molar-refractivity contribution in [2.45, 2.75) is 39.4 Å². The molecule has 9 heteroatoms. The topological polar surface area (TPSA) is 101 Å². The number of halogens is 1. The van der Waals surface area contributed by atoms with E-state index in [2.05, 4.69) is 41.1 Å². The fourth-order valence-corrected chi connectivity index (χ4v) is 5.71. The van der Waals surface area contributed by atoms with E-state index in [0.29, 0.717) is 39.5 Å². The SMILES string of the molecule is Cc1c(COc2cc(OCc3cncc(C#N)c3)c(C=O)cc2Cl)cccc1-c1ccc2oc(CCN3CCCC3)nc2c1. The van der Waals surface area contributed by atoms with Gasteiger partial charge in [-0.2, -0.15) is 5.26 Å². The summed E-state index contributed by atoms with van der Waals surface area (Å²) in [5.74, 6) is 1.50. The molecule has 2 aromatic heterocycles. The van der Waals surface area contributed by atoms with Gasteiger partial charge in [-0.1, -0.05) is 35.9 Å². The number of rotatable bonds is 11. The van der Waals surface area contributed by atoms with E-state index in [0.717, 1.165) is 65.3 Å². The second-order valence-corrected chi connectivity index (χ2v) is 11.3. The quantitative estimate of drug-likeness (QED) is 0.144. The van der Waals surface area contributed by atoms with Crippen LogP contribution in [0.3, 0.4) is 0 Å². The molecule has 0 amide bonds. The van der Waals surface area contributed by atoms with Crippen molar-refractivity contribution in [1.29, 1.82) is 5.26 Å². The van der Waals surface area contributed by atoms with Crippen LogP contribution in [0.4, 0.5) is 0 Å². The van der Waals surface area contributed by atoms with Gasteiger partial charge in [-0.3, -0.25) is 9.78 Å². The third-order valence-electron chi connectivity index (χ3n) is 7.92. The number of aromatic nitrogens is 2. The normalized spacial score (nSPS) is 13.2. The van der Waals surface area contributed by atoms with Gasteiger partial charge in [0, 0.05) is 37.0 Å². The number of pyridine rings is 1. The van der Waals surface area contributed by atoms with E-state index in [-0.39, 0.29) is 13.2 Å². The van der Waals surface area contributed by atoms with E-state index in [1.807, 2.05) is 18.2 Å². The average molecular weight is 607 g/mol. The molecule has 0 atom stereocenters. The highest BCUT2D eigenvalue weighted by Crippen LogP contribution is 2.34. The van der Waals surface area contributed by atoms with E-state index >= 15 is 0 Å². The Morgan fingerprint density at radius 2 is 1.89 bits per heavy atom. The first-order valence-electron chi connectivity index (χ1n) is 14.6. The molecule has 8 nitrogen and oxygen atoms in total. The van der Waals surface area contributed by atoms with Crippen LogP contribution < -0.4 is 9.47 Å². The van der Waals surface area contributed by atoms with Crippen LogP contribution in [0.1, 0.15) is 51.3 Å². The largest absolute Gasteiger partial charge is 0.488 e. The summed E-state index contributed by atoms with van der Waals surface area (Å²) in [4.78, 5) is 23.0. The third kappa shape index (κ3) is 6.60. The molecule has 5 aromatic rings. The lowest BCUT2D eigenvalue weighted by atomic mass is 9.96. The van der Waals surface area contributed by atoms with Crippen molar-refractivity contribution in [3.63, 3.8) is 0 Å². The van der Waals surface area contributed by atoms with E-state index < -0.39 is 0 Å². The number of hydrogen-bond donors (Lipinski definition) is 0. The van der Waals surface area contributed by atoms with Crippen LogP contribution >= 0.6 is 11.6 Å². The average Bonchev–Trinajstić information content (AvgIpc) is 3.72. The Kier molecular flexibility index (Phi) is 8.87. The van der Waals surface area contributed by atoms with Crippen molar-refractivity contribution < 1.29 is 18.7 Å². The molecule has 3 heterocycles. The fourth-order valence-electron chi connectivity index (χ4n) is 5.48. The van der Waals surface area contributed by atoms with Gasteiger partial charge >= 0.3 is 0 Å². The van der Waals surface area contributed by atoms with Gasteiger partial charge in [0.1, 0.15) is 36.3 Å². The minimum Gasteiger partial charge on any atom is -0.488 e. The summed E-state index contributed by atoms with van der Waals surface area (Å²) in [7, 11) is 0. The maximum atomic E-state index is 11.7. The number of benzene rings is 3. The van der Waals surface area contributed by atoms with Gasteiger partial charge < -0.3 is 18.8 Å². The van der Waals surface area contributed by atoms with Crippen molar-refractivity contribution >= 4 is 29.0 Å². The number of fused-ring (bicyclic) bond motifs is 1. The maximum Gasteiger partial charge on any atom is 0.196 e. The second kappa shape index (κ2) is 13.3. The Morgan fingerprint density at radius 3 is 2.70 bits per heavy atom. The molecule has 0 aliphatic carbocycles. The van der Waals surface area contributed by atoms with Crippen LogP contribution in [0.15, 0.2) is 71.4 Å². The summed E-state index contributed by atoms with van der Waals surface area (Å²) in [6, 6.07) is 19.1. The van der Waals surface area contributed by atoms with Gasteiger partial charge in [0.05, 0.1) is 16.1 Å². The lowest BCUT2D eigenvalue weighted by Crippen LogP contribution is -2.21. The smallest absolute Gasteiger partial charge is 0.196 e. The Bertz CT molecular complexity index is 1860. The Labute approximate surface area is 260 Å². The molecule has 222 valence electrons. The van der Waals surface area contributed by atoms with Gasteiger partial charge in [0.25, 0.3) is 0 Å². The molecule has 0 saturated carbocycles. The number of likely N-dealkylation sites (tertiary alicyclic amines) is 1. The molecule has 0 radical (unpaired) electrons. The van der Waals surface area contributed by atoms with Crippen molar-refractivity contribution in [2.24, 2.45) is 0 Å². The van der Waals surface area contributed by atoms with Crippen LogP contribution in [-0.4, -0.2) is 40.8 Å². The molecule has 44 heavy (non-hydrogen) atoms. The zero-order chi connectivity index (χ0) is 30.5. The predicted molar refractivity (Wildman–Crippen MR) is 168 cm³/mol. The lowest BCUT2D eigenvalue weighted by molar-refractivity contribution is 0.111. The molecule has 6 rings (SSSR count). The van der Waals surface area contributed by atoms with Gasteiger partial charge in [-0.05, 0) is 79.4 Å². The highest BCUT2D eigenvalue weighted by molar-refractivity contribution is 6.32. The Balaban J connectivity index is 1.17. The van der Waals surface area contributed by atoms with Gasteiger partial charge in [-0.15, -0.1) is 0 Å². The van der Waals surface area contributed by atoms with Crippen LogP contribution in [0.25, 0.3) is 22.2 Å². The number of aldehydes is 1. The Morgan fingerprint density at radius 1 is 1.05 bits per heavy atom. The summed E-state index contributed by atoms with van der Waals surface area (Å²) in [6.45, 7) is 5.75. The monoisotopic (exact) mass is 606 g/mol. The molecule has 1 saturated heterocycles. The fraction of sp³-hybridized carbons (Fsp3) is 0.257. The van der Waals surface area contributed by atoms with E-state index in [4.69, 9.17) is 35.7 Å². The lowest BCUT2D eigenvalue weighted by Gasteiger charge is -2.15. The molecular formula is C35H31ClN4O4. The molecular weight excluding hydrogens is 576 g/mol. The van der Waals surface area contributed by atoms with E-state index in [1.165, 1.54) is 25.1 Å². The van der Waals surface area contributed by atoms with Crippen molar-refractivity contribution in [3.8, 4) is 28.7 Å². The van der Waals surface area contributed by atoms with Crippen LogP contribution in [0.5, 0.6) is 11.5 Å². The number of carbonyl (C=O) groups is 1. The van der Waals surface area contributed by atoms with Crippen LogP contribution in [0, 0.1) is 18.3 Å². The van der Waals surface area contributed by atoms with E-state index in [1.54, 1.807) is 18.3 Å². The minimum absolute atomic E-state index is 0.126. The highest BCUT2D eigenvalue weighted by Gasteiger charge is 2.16. The number of nitrogens with zero attached hydrogens (tertiary/aromatic N) is 4.